The fraction of sp³-hybridized carbons (Fsp3) is 0.250. The molecule has 0 atom stereocenters. The monoisotopic (exact) mass is 200 g/mol. The Morgan fingerprint density at radius 2 is 2.00 bits per heavy atom. The average molecular weight is 200 g/mol. The predicted molar refractivity (Wildman–Crippen MR) is 52.7 cm³/mol. The molecule has 0 spiro atoms. The van der Waals surface area contributed by atoms with Crippen LogP contribution in [-0.2, 0) is 0 Å². The maximum atomic E-state index is 13.0. The van der Waals surface area contributed by atoms with Gasteiger partial charge in [0.15, 0.2) is 0 Å². The molecule has 0 heterocycles. The number of rotatable bonds is 2. The summed E-state index contributed by atoms with van der Waals surface area (Å²) < 4.78 is 13.0. The molecule has 0 saturated carbocycles. The van der Waals surface area contributed by atoms with Crippen molar-refractivity contribution in [2.45, 2.75) is 11.8 Å². The Balaban J connectivity index is 3.32. The first-order valence-corrected chi connectivity index (χ1v) is 4.99. The van der Waals surface area contributed by atoms with Gasteiger partial charge in [-0.2, -0.15) is 0 Å². The second-order valence-electron chi connectivity index (χ2n) is 2.66. The van der Waals surface area contributed by atoms with E-state index in [2.05, 4.69) is 0 Å². The molecule has 5 heteroatoms. The van der Waals surface area contributed by atoms with Crippen molar-refractivity contribution in [3.63, 3.8) is 0 Å². The van der Waals surface area contributed by atoms with Crippen molar-refractivity contribution in [2.24, 2.45) is 0 Å². The number of hydrogen-bond acceptors (Lipinski definition) is 3. The summed E-state index contributed by atoms with van der Waals surface area (Å²) in [7, 11) is -1.61. The van der Waals surface area contributed by atoms with E-state index in [1.807, 2.05) is 0 Å². The predicted octanol–water partition coefficient (Wildman–Crippen LogP) is 0.536. The minimum atomic E-state index is -1.61. The van der Waals surface area contributed by atoms with Crippen molar-refractivity contribution >= 4 is 24.3 Å². The Bertz CT molecular complexity index is 317. The molecule has 0 unspecified atom stereocenters. The number of benzene rings is 1. The fourth-order valence-electron chi connectivity index (χ4n) is 1.18. The van der Waals surface area contributed by atoms with Crippen LogP contribution in [0.15, 0.2) is 17.0 Å². The van der Waals surface area contributed by atoms with Crippen molar-refractivity contribution in [1.29, 1.82) is 0 Å². The van der Waals surface area contributed by atoms with Gasteiger partial charge in [-0.05, 0) is 30.9 Å². The Morgan fingerprint density at radius 1 is 1.38 bits per heavy atom. The summed E-state index contributed by atoms with van der Waals surface area (Å²) in [5.41, 5.74) is 0.550. The zero-order valence-corrected chi connectivity index (χ0v) is 8.23. The van der Waals surface area contributed by atoms with Gasteiger partial charge in [-0.25, -0.2) is 4.39 Å². The van der Waals surface area contributed by atoms with E-state index in [1.165, 1.54) is 24.8 Å². The van der Waals surface area contributed by atoms with E-state index in [0.29, 0.717) is 10.5 Å². The summed E-state index contributed by atoms with van der Waals surface area (Å²) in [6.45, 7) is 1.53. The van der Waals surface area contributed by atoms with Gasteiger partial charge in [-0.15, -0.1) is 11.8 Å². The minimum Gasteiger partial charge on any atom is -0.423 e. The standard InChI is InChI=1S/C8H10BFO2S/c1-5-6(10)3-4-7(13-2)8(5)9(11)12/h3-4,11-12H,1-2H3. The first kappa shape index (κ1) is 10.6. The van der Waals surface area contributed by atoms with Gasteiger partial charge >= 0.3 is 7.12 Å². The molecule has 0 bridgehead atoms. The Hall–Kier alpha value is -0.515. The Kier molecular flexibility index (Phi) is 3.36. The van der Waals surface area contributed by atoms with Gasteiger partial charge in [0.1, 0.15) is 5.82 Å². The lowest BCUT2D eigenvalue weighted by atomic mass is 9.77. The van der Waals surface area contributed by atoms with Crippen LogP contribution in [0.5, 0.6) is 0 Å². The Morgan fingerprint density at radius 3 is 2.46 bits per heavy atom. The lowest BCUT2D eigenvalue weighted by molar-refractivity contribution is 0.424. The largest absolute Gasteiger partial charge is 0.489 e. The molecule has 1 aromatic rings. The van der Waals surface area contributed by atoms with Crippen LogP contribution >= 0.6 is 11.8 Å². The maximum Gasteiger partial charge on any atom is 0.489 e. The van der Waals surface area contributed by atoms with E-state index in [-0.39, 0.29) is 5.46 Å². The van der Waals surface area contributed by atoms with E-state index < -0.39 is 12.9 Å². The van der Waals surface area contributed by atoms with Crippen molar-refractivity contribution in [1.82, 2.24) is 0 Å². The zero-order valence-electron chi connectivity index (χ0n) is 7.41. The molecule has 0 aliphatic heterocycles. The third-order valence-electron chi connectivity index (χ3n) is 1.89. The molecule has 0 aliphatic rings. The molecule has 0 saturated heterocycles. The topological polar surface area (TPSA) is 40.5 Å². The molecule has 1 aromatic carbocycles. The summed E-state index contributed by atoms with van der Waals surface area (Å²) in [6, 6.07) is 2.87. The van der Waals surface area contributed by atoms with E-state index in [4.69, 9.17) is 10.0 Å². The van der Waals surface area contributed by atoms with E-state index in [9.17, 15) is 4.39 Å². The van der Waals surface area contributed by atoms with Gasteiger partial charge in [0, 0.05) is 10.4 Å². The van der Waals surface area contributed by atoms with Gasteiger partial charge in [-0.1, -0.05) is 0 Å². The molecule has 0 amide bonds. The maximum absolute atomic E-state index is 13.0. The summed E-state index contributed by atoms with van der Waals surface area (Å²) in [5.74, 6) is -0.416. The minimum absolute atomic E-state index is 0.257. The van der Waals surface area contributed by atoms with E-state index >= 15 is 0 Å². The van der Waals surface area contributed by atoms with Crippen LogP contribution in [0.25, 0.3) is 0 Å². The lowest BCUT2D eigenvalue weighted by Gasteiger charge is -2.10. The summed E-state index contributed by atoms with van der Waals surface area (Å²) in [4.78, 5) is 0.689. The molecular formula is C8H10BFO2S. The van der Waals surface area contributed by atoms with Crippen LogP contribution in [0, 0.1) is 12.7 Å². The van der Waals surface area contributed by atoms with Crippen molar-refractivity contribution < 1.29 is 14.4 Å². The van der Waals surface area contributed by atoms with E-state index in [0.717, 1.165) is 0 Å². The molecule has 70 valence electrons. The molecule has 2 nitrogen and oxygen atoms in total. The molecule has 0 aliphatic carbocycles. The fourth-order valence-corrected chi connectivity index (χ4v) is 1.86. The smallest absolute Gasteiger partial charge is 0.423 e. The molecular weight excluding hydrogens is 190 g/mol. The van der Waals surface area contributed by atoms with Crippen molar-refractivity contribution in [3.8, 4) is 0 Å². The highest BCUT2D eigenvalue weighted by molar-refractivity contribution is 7.98. The molecule has 13 heavy (non-hydrogen) atoms. The molecule has 1 rings (SSSR count). The first-order chi connectivity index (χ1) is 6.07. The van der Waals surface area contributed by atoms with Gasteiger partial charge in [0.2, 0.25) is 0 Å². The third-order valence-corrected chi connectivity index (χ3v) is 2.68. The highest BCUT2D eigenvalue weighted by Crippen LogP contribution is 2.16. The van der Waals surface area contributed by atoms with Gasteiger partial charge < -0.3 is 10.0 Å². The van der Waals surface area contributed by atoms with Gasteiger partial charge in [-0.3, -0.25) is 0 Å². The van der Waals surface area contributed by atoms with Crippen molar-refractivity contribution in [3.05, 3.63) is 23.5 Å². The second-order valence-corrected chi connectivity index (χ2v) is 3.51. The summed E-state index contributed by atoms with van der Waals surface area (Å²) in [5, 5.41) is 18.0. The molecule has 0 fully saturated rings. The Labute approximate surface area is 80.9 Å². The lowest BCUT2D eigenvalue weighted by Crippen LogP contribution is -2.34. The zero-order chi connectivity index (χ0) is 10.0. The number of thioether (sulfide) groups is 1. The van der Waals surface area contributed by atoms with Crippen LogP contribution in [0.3, 0.4) is 0 Å². The van der Waals surface area contributed by atoms with Crippen LogP contribution in [0.1, 0.15) is 5.56 Å². The van der Waals surface area contributed by atoms with Gasteiger partial charge in [0.25, 0.3) is 0 Å². The normalized spacial score (nSPS) is 10.2. The van der Waals surface area contributed by atoms with Crippen LogP contribution in [0.4, 0.5) is 4.39 Å². The van der Waals surface area contributed by atoms with Crippen LogP contribution < -0.4 is 5.46 Å². The average Bonchev–Trinajstić information content (AvgIpc) is 2.08. The quantitative estimate of drug-likeness (QED) is 0.540. The molecule has 2 N–H and O–H groups in total. The molecule has 0 radical (unpaired) electrons. The SMILES string of the molecule is CSc1ccc(F)c(C)c1B(O)O. The first-order valence-electron chi connectivity index (χ1n) is 3.77. The number of hydrogen-bond donors (Lipinski definition) is 2. The number of halogens is 1. The van der Waals surface area contributed by atoms with E-state index in [1.54, 1.807) is 12.3 Å². The van der Waals surface area contributed by atoms with Crippen molar-refractivity contribution in [2.75, 3.05) is 6.26 Å². The third kappa shape index (κ3) is 2.04. The highest BCUT2D eigenvalue weighted by atomic mass is 32.2. The second kappa shape index (κ2) is 4.13. The molecule has 0 aromatic heterocycles. The van der Waals surface area contributed by atoms with Crippen LogP contribution in [0.2, 0.25) is 0 Å². The highest BCUT2D eigenvalue weighted by Gasteiger charge is 2.20. The summed E-state index contributed by atoms with van der Waals surface area (Å²) in [6.07, 6.45) is 1.80. The van der Waals surface area contributed by atoms with Crippen LogP contribution in [-0.4, -0.2) is 23.4 Å². The summed E-state index contributed by atoms with van der Waals surface area (Å²) >= 11 is 1.36. The van der Waals surface area contributed by atoms with Gasteiger partial charge in [0.05, 0.1) is 0 Å².